The Morgan fingerprint density at radius 2 is 1.87 bits per heavy atom. The Bertz CT molecular complexity index is 599. The Balaban J connectivity index is 1.90. The molecule has 0 spiro atoms. The molecule has 9 nitrogen and oxygen atoms in total. The molecular formula is C14H18N4O5. The van der Waals surface area contributed by atoms with Crippen LogP contribution in [-0.2, 0) is 4.79 Å². The third-order valence-corrected chi connectivity index (χ3v) is 3.60. The Morgan fingerprint density at radius 1 is 1.22 bits per heavy atom. The molecule has 0 bridgehead atoms. The summed E-state index contributed by atoms with van der Waals surface area (Å²) in [6, 6.07) is 6.20. The standard InChI is InChI=1S/C14H18N4O5/c19-13(20)5-6-15-14(21)17-9-7-16(8-10-17)11-3-1-2-4-12(11)18(22)23/h1-4H,5-10H2,(H,15,21)(H,19,20). The number of benzene rings is 1. The lowest BCUT2D eigenvalue weighted by atomic mass is 10.2. The van der Waals surface area contributed by atoms with Crippen LogP contribution in [0.4, 0.5) is 16.2 Å². The van der Waals surface area contributed by atoms with Gasteiger partial charge in [0.15, 0.2) is 0 Å². The summed E-state index contributed by atoms with van der Waals surface area (Å²) in [5.41, 5.74) is 0.593. The molecule has 1 heterocycles. The van der Waals surface area contributed by atoms with Gasteiger partial charge in [-0.25, -0.2) is 4.79 Å². The van der Waals surface area contributed by atoms with Crippen LogP contribution in [0.1, 0.15) is 6.42 Å². The lowest BCUT2D eigenvalue weighted by Gasteiger charge is -2.35. The third kappa shape index (κ3) is 4.31. The number of rotatable bonds is 5. The zero-order valence-electron chi connectivity index (χ0n) is 12.5. The first kappa shape index (κ1) is 16.5. The first-order valence-corrected chi connectivity index (χ1v) is 7.22. The van der Waals surface area contributed by atoms with E-state index < -0.39 is 10.9 Å². The number of carbonyl (C=O) groups excluding carboxylic acids is 1. The van der Waals surface area contributed by atoms with Crippen molar-refractivity contribution in [3.63, 3.8) is 0 Å². The van der Waals surface area contributed by atoms with Crippen molar-refractivity contribution in [2.45, 2.75) is 6.42 Å². The van der Waals surface area contributed by atoms with Crippen LogP contribution in [0.2, 0.25) is 0 Å². The molecule has 23 heavy (non-hydrogen) atoms. The van der Waals surface area contributed by atoms with Crippen LogP contribution in [0.15, 0.2) is 24.3 Å². The quantitative estimate of drug-likeness (QED) is 0.614. The third-order valence-electron chi connectivity index (χ3n) is 3.60. The van der Waals surface area contributed by atoms with Crippen molar-refractivity contribution < 1.29 is 19.6 Å². The highest BCUT2D eigenvalue weighted by Crippen LogP contribution is 2.28. The lowest BCUT2D eigenvalue weighted by Crippen LogP contribution is -2.52. The van der Waals surface area contributed by atoms with Gasteiger partial charge in [0.25, 0.3) is 5.69 Å². The number of aliphatic carboxylic acids is 1. The predicted molar refractivity (Wildman–Crippen MR) is 82.5 cm³/mol. The number of hydrogen-bond donors (Lipinski definition) is 2. The van der Waals surface area contributed by atoms with E-state index in [1.165, 1.54) is 6.07 Å². The largest absolute Gasteiger partial charge is 0.481 e. The molecule has 1 aliphatic heterocycles. The van der Waals surface area contributed by atoms with E-state index in [-0.39, 0.29) is 24.7 Å². The maximum atomic E-state index is 11.9. The van der Waals surface area contributed by atoms with E-state index in [4.69, 9.17) is 5.11 Å². The molecule has 0 radical (unpaired) electrons. The number of urea groups is 1. The molecule has 1 aromatic carbocycles. The van der Waals surface area contributed by atoms with Crippen LogP contribution in [0, 0.1) is 10.1 Å². The molecule has 0 aromatic heterocycles. The van der Waals surface area contributed by atoms with Crippen molar-refractivity contribution in [1.29, 1.82) is 0 Å². The molecule has 2 amide bonds. The topological polar surface area (TPSA) is 116 Å². The number of nitro benzene ring substituents is 1. The van der Waals surface area contributed by atoms with Gasteiger partial charge in [-0.1, -0.05) is 12.1 Å². The highest BCUT2D eigenvalue weighted by atomic mass is 16.6. The Labute approximate surface area is 132 Å². The number of nitro groups is 1. The van der Waals surface area contributed by atoms with Gasteiger partial charge in [-0.05, 0) is 6.07 Å². The molecule has 9 heteroatoms. The molecule has 2 rings (SSSR count). The minimum atomic E-state index is -0.966. The fourth-order valence-corrected chi connectivity index (χ4v) is 2.42. The molecule has 1 aromatic rings. The normalized spacial score (nSPS) is 14.4. The molecule has 2 N–H and O–H groups in total. The van der Waals surface area contributed by atoms with Crippen molar-refractivity contribution in [2.24, 2.45) is 0 Å². The van der Waals surface area contributed by atoms with Gasteiger partial charge in [0, 0.05) is 38.8 Å². The minimum Gasteiger partial charge on any atom is -0.481 e. The van der Waals surface area contributed by atoms with E-state index in [2.05, 4.69) is 5.32 Å². The number of anilines is 1. The highest BCUT2D eigenvalue weighted by Gasteiger charge is 2.25. The second-order valence-electron chi connectivity index (χ2n) is 5.10. The Morgan fingerprint density at radius 3 is 2.48 bits per heavy atom. The number of nitrogens with zero attached hydrogens (tertiary/aromatic N) is 3. The molecule has 0 aliphatic carbocycles. The van der Waals surface area contributed by atoms with Gasteiger partial charge in [-0.2, -0.15) is 0 Å². The van der Waals surface area contributed by atoms with Crippen molar-refractivity contribution in [3.05, 3.63) is 34.4 Å². The average molecular weight is 322 g/mol. The molecule has 1 saturated heterocycles. The average Bonchev–Trinajstić information content (AvgIpc) is 2.54. The highest BCUT2D eigenvalue weighted by molar-refractivity contribution is 5.75. The number of carboxylic acids is 1. The van der Waals surface area contributed by atoms with Crippen molar-refractivity contribution >= 4 is 23.4 Å². The first-order chi connectivity index (χ1) is 11.0. The number of hydrogen-bond acceptors (Lipinski definition) is 5. The summed E-state index contributed by atoms with van der Waals surface area (Å²) >= 11 is 0. The van der Waals surface area contributed by atoms with E-state index in [1.807, 2.05) is 4.90 Å². The maximum Gasteiger partial charge on any atom is 0.317 e. The smallest absolute Gasteiger partial charge is 0.317 e. The first-order valence-electron chi connectivity index (χ1n) is 7.22. The fraction of sp³-hybridized carbons (Fsp3) is 0.429. The second kappa shape index (κ2) is 7.43. The molecule has 1 aliphatic rings. The van der Waals surface area contributed by atoms with Crippen LogP contribution in [0.5, 0.6) is 0 Å². The number of piperazine rings is 1. The van der Waals surface area contributed by atoms with E-state index in [0.717, 1.165) is 0 Å². The summed E-state index contributed by atoms with van der Waals surface area (Å²) in [5, 5.41) is 22.2. The van der Waals surface area contributed by atoms with Crippen LogP contribution >= 0.6 is 0 Å². The molecular weight excluding hydrogens is 304 g/mol. The van der Waals surface area contributed by atoms with Crippen LogP contribution in [0.3, 0.4) is 0 Å². The molecule has 124 valence electrons. The second-order valence-corrected chi connectivity index (χ2v) is 5.10. The molecule has 0 unspecified atom stereocenters. The lowest BCUT2D eigenvalue weighted by molar-refractivity contribution is -0.384. The van der Waals surface area contributed by atoms with E-state index in [1.54, 1.807) is 23.1 Å². The summed E-state index contributed by atoms with van der Waals surface area (Å²) in [5.74, 6) is -0.966. The van der Waals surface area contributed by atoms with E-state index in [0.29, 0.717) is 31.9 Å². The van der Waals surface area contributed by atoms with Gasteiger partial charge in [0.1, 0.15) is 5.69 Å². The summed E-state index contributed by atoms with van der Waals surface area (Å²) in [4.78, 5) is 36.4. The van der Waals surface area contributed by atoms with Gasteiger partial charge >= 0.3 is 12.0 Å². The molecule has 0 atom stereocenters. The molecule has 1 fully saturated rings. The van der Waals surface area contributed by atoms with Gasteiger partial charge in [-0.3, -0.25) is 14.9 Å². The van der Waals surface area contributed by atoms with Crippen LogP contribution in [-0.4, -0.2) is 59.7 Å². The van der Waals surface area contributed by atoms with Crippen LogP contribution in [0.25, 0.3) is 0 Å². The zero-order chi connectivity index (χ0) is 16.8. The number of amides is 2. The monoisotopic (exact) mass is 322 g/mol. The van der Waals surface area contributed by atoms with Gasteiger partial charge in [0.2, 0.25) is 0 Å². The van der Waals surface area contributed by atoms with E-state index in [9.17, 15) is 19.7 Å². The maximum absolute atomic E-state index is 11.9. The zero-order valence-corrected chi connectivity index (χ0v) is 12.5. The summed E-state index contributed by atoms with van der Waals surface area (Å²) < 4.78 is 0. The van der Waals surface area contributed by atoms with Gasteiger partial charge in [-0.15, -0.1) is 0 Å². The molecule has 0 saturated carbocycles. The van der Waals surface area contributed by atoms with Gasteiger partial charge in [0.05, 0.1) is 11.3 Å². The minimum absolute atomic E-state index is 0.0480. The predicted octanol–water partition coefficient (Wildman–Crippen LogP) is 0.901. The van der Waals surface area contributed by atoms with Crippen LogP contribution < -0.4 is 10.2 Å². The van der Waals surface area contributed by atoms with Crippen molar-refractivity contribution in [1.82, 2.24) is 10.2 Å². The van der Waals surface area contributed by atoms with Gasteiger partial charge < -0.3 is 20.2 Å². The SMILES string of the molecule is O=C(O)CCNC(=O)N1CCN(c2ccccc2[N+](=O)[O-])CC1. The fourth-order valence-electron chi connectivity index (χ4n) is 2.42. The Hall–Kier alpha value is -2.84. The number of carbonyl (C=O) groups is 2. The summed E-state index contributed by atoms with van der Waals surface area (Å²) in [7, 11) is 0. The summed E-state index contributed by atoms with van der Waals surface area (Å²) in [6.45, 7) is 1.89. The Kier molecular flexibility index (Phi) is 5.34. The number of carboxylic acid groups (broad SMARTS) is 1. The van der Waals surface area contributed by atoms with E-state index >= 15 is 0 Å². The van der Waals surface area contributed by atoms with Crippen molar-refractivity contribution in [3.8, 4) is 0 Å². The summed E-state index contributed by atoms with van der Waals surface area (Å²) in [6.07, 6.45) is -0.123. The number of nitrogens with one attached hydrogen (secondary N) is 1. The van der Waals surface area contributed by atoms with Crippen molar-refractivity contribution in [2.75, 3.05) is 37.6 Å². The number of para-hydroxylation sites is 2.